The Morgan fingerprint density at radius 2 is 1.97 bits per heavy atom. The second-order valence-corrected chi connectivity index (χ2v) is 7.28. The van der Waals surface area contributed by atoms with Gasteiger partial charge in [-0.2, -0.15) is 5.10 Å². The summed E-state index contributed by atoms with van der Waals surface area (Å²) in [7, 11) is 0. The lowest BCUT2D eigenvalue weighted by molar-refractivity contribution is -0.0242. The quantitative estimate of drug-likeness (QED) is 0.468. The van der Waals surface area contributed by atoms with Crippen LogP contribution >= 0.6 is 0 Å². The Kier molecular flexibility index (Phi) is 4.75. The van der Waals surface area contributed by atoms with Gasteiger partial charge in [-0.05, 0) is 60.9 Å². The first-order valence-corrected chi connectivity index (χ1v) is 9.87. The van der Waals surface area contributed by atoms with Crippen LogP contribution in [0.4, 0.5) is 0 Å². The van der Waals surface area contributed by atoms with Gasteiger partial charge in [0.25, 0.3) is 0 Å². The molecule has 0 saturated carbocycles. The van der Waals surface area contributed by atoms with Crippen molar-refractivity contribution in [3.8, 4) is 17.0 Å². The highest BCUT2D eigenvalue weighted by Gasteiger charge is 2.35. The highest BCUT2D eigenvalue weighted by atomic mass is 16.6. The van der Waals surface area contributed by atoms with E-state index in [1.54, 1.807) is 6.20 Å². The summed E-state index contributed by atoms with van der Waals surface area (Å²) in [4.78, 5) is 8.16. The molecule has 148 valence electrons. The van der Waals surface area contributed by atoms with Crippen LogP contribution < -0.4 is 10.5 Å². The molecule has 0 amide bonds. The summed E-state index contributed by atoms with van der Waals surface area (Å²) in [6, 6.07) is 17.9. The normalized spacial score (nSPS) is 20.2. The van der Waals surface area contributed by atoms with E-state index in [1.165, 1.54) is 0 Å². The Balaban J connectivity index is 1.43. The number of aromatic amines is 2. The van der Waals surface area contributed by atoms with Crippen LogP contribution in [0.25, 0.3) is 22.3 Å². The maximum atomic E-state index is 6.39. The van der Waals surface area contributed by atoms with E-state index in [0.29, 0.717) is 6.54 Å². The number of H-pyrrole nitrogens is 2. The molecule has 0 radical (unpaired) electrons. The Morgan fingerprint density at radius 1 is 1.10 bits per heavy atom. The summed E-state index contributed by atoms with van der Waals surface area (Å²) >= 11 is 0. The molecule has 0 bridgehead atoms. The molecule has 5 rings (SSSR count). The summed E-state index contributed by atoms with van der Waals surface area (Å²) < 4.78 is 12.5. The van der Waals surface area contributed by atoms with Crippen LogP contribution in [-0.2, 0) is 4.74 Å². The molecular formula is C22H23N5O2. The van der Waals surface area contributed by atoms with Crippen molar-refractivity contribution in [2.24, 2.45) is 5.73 Å². The fourth-order valence-corrected chi connectivity index (χ4v) is 3.82. The lowest BCUT2D eigenvalue weighted by Crippen LogP contribution is -2.27. The first kappa shape index (κ1) is 17.9. The van der Waals surface area contributed by atoms with Crippen LogP contribution in [0.5, 0.6) is 5.75 Å². The second kappa shape index (κ2) is 7.69. The zero-order valence-electron chi connectivity index (χ0n) is 15.9. The smallest absolute Gasteiger partial charge is 0.182 e. The molecule has 1 fully saturated rings. The number of nitrogens with one attached hydrogen (secondary N) is 2. The Hall–Kier alpha value is -3.16. The number of hydrogen-bond acceptors (Lipinski definition) is 5. The van der Waals surface area contributed by atoms with E-state index in [9.17, 15) is 0 Å². The number of benzene rings is 2. The van der Waals surface area contributed by atoms with Crippen molar-refractivity contribution >= 4 is 11.0 Å². The molecule has 4 N–H and O–H groups in total. The van der Waals surface area contributed by atoms with Crippen LogP contribution in [0.2, 0.25) is 0 Å². The van der Waals surface area contributed by atoms with Crippen molar-refractivity contribution in [2.75, 3.05) is 6.54 Å². The molecule has 2 aromatic heterocycles. The first-order valence-electron chi connectivity index (χ1n) is 9.87. The maximum absolute atomic E-state index is 6.39. The summed E-state index contributed by atoms with van der Waals surface area (Å²) in [6.07, 6.45) is 3.19. The molecule has 1 aliphatic heterocycles. The van der Waals surface area contributed by atoms with Crippen molar-refractivity contribution < 1.29 is 9.47 Å². The second-order valence-electron chi connectivity index (χ2n) is 7.28. The average Bonchev–Trinajstić information content (AvgIpc) is 3.52. The van der Waals surface area contributed by atoms with Crippen LogP contribution in [0.1, 0.15) is 24.8 Å². The Morgan fingerprint density at radius 3 is 2.69 bits per heavy atom. The number of imidazole rings is 1. The lowest BCUT2D eigenvalue weighted by Gasteiger charge is -2.23. The summed E-state index contributed by atoms with van der Waals surface area (Å²) in [5, 5.41) is 6.97. The summed E-state index contributed by atoms with van der Waals surface area (Å²) in [5.74, 6) is 1.53. The van der Waals surface area contributed by atoms with Crippen molar-refractivity contribution in [3.63, 3.8) is 0 Å². The predicted octanol–water partition coefficient (Wildman–Crippen LogP) is 3.58. The average molecular weight is 389 g/mol. The topological polar surface area (TPSA) is 102 Å². The van der Waals surface area contributed by atoms with E-state index >= 15 is 0 Å². The van der Waals surface area contributed by atoms with Crippen LogP contribution in [0.15, 0.2) is 60.8 Å². The van der Waals surface area contributed by atoms with Crippen LogP contribution in [0.3, 0.4) is 0 Å². The van der Waals surface area contributed by atoms with Gasteiger partial charge in [-0.1, -0.05) is 12.1 Å². The van der Waals surface area contributed by atoms with E-state index in [4.69, 9.17) is 20.2 Å². The fourth-order valence-electron chi connectivity index (χ4n) is 3.82. The zero-order chi connectivity index (χ0) is 19.6. The molecule has 7 heteroatoms. The molecule has 3 unspecified atom stereocenters. The highest BCUT2D eigenvalue weighted by molar-refractivity contribution is 5.74. The molecule has 3 atom stereocenters. The predicted molar refractivity (Wildman–Crippen MR) is 110 cm³/mol. The zero-order valence-corrected chi connectivity index (χ0v) is 15.9. The van der Waals surface area contributed by atoms with Gasteiger partial charge in [0.15, 0.2) is 11.9 Å². The first-order chi connectivity index (χ1) is 14.3. The molecule has 4 aromatic rings. The molecule has 1 aliphatic rings. The lowest BCUT2D eigenvalue weighted by atomic mass is 10.1. The number of fused-ring (bicyclic) bond motifs is 1. The van der Waals surface area contributed by atoms with E-state index in [-0.39, 0.29) is 18.3 Å². The van der Waals surface area contributed by atoms with Gasteiger partial charge in [0, 0.05) is 12.7 Å². The molecule has 0 spiro atoms. The molecule has 3 heterocycles. The Labute approximate surface area is 168 Å². The summed E-state index contributed by atoms with van der Waals surface area (Å²) in [5.41, 5.74) is 9.73. The van der Waals surface area contributed by atoms with Crippen molar-refractivity contribution in [1.82, 2.24) is 20.2 Å². The van der Waals surface area contributed by atoms with Gasteiger partial charge in [0.05, 0.1) is 22.8 Å². The minimum atomic E-state index is -0.336. The van der Waals surface area contributed by atoms with Gasteiger partial charge in [0.2, 0.25) is 0 Å². The third kappa shape index (κ3) is 3.62. The van der Waals surface area contributed by atoms with Gasteiger partial charge >= 0.3 is 0 Å². The molecule has 29 heavy (non-hydrogen) atoms. The number of nitrogens with two attached hydrogens (primary N) is 1. The molecular weight excluding hydrogens is 366 g/mol. The number of aromatic nitrogens is 4. The number of para-hydroxylation sites is 2. The van der Waals surface area contributed by atoms with Gasteiger partial charge < -0.3 is 20.2 Å². The SMILES string of the molecule is NCC1CCC(C(Oc2ccc(-c3ccn[nH]3)cc2)c2nc3ccccc3[nH]2)O1. The van der Waals surface area contributed by atoms with E-state index in [2.05, 4.69) is 15.2 Å². The summed E-state index contributed by atoms with van der Waals surface area (Å²) in [6.45, 7) is 0.516. The third-order valence-corrected chi connectivity index (χ3v) is 5.35. The molecule has 7 nitrogen and oxygen atoms in total. The minimum Gasteiger partial charge on any atom is -0.480 e. The number of ether oxygens (including phenoxy) is 2. The van der Waals surface area contributed by atoms with Gasteiger partial charge in [-0.3, -0.25) is 5.10 Å². The van der Waals surface area contributed by atoms with Gasteiger partial charge in [0.1, 0.15) is 11.9 Å². The van der Waals surface area contributed by atoms with E-state index < -0.39 is 0 Å². The highest BCUT2D eigenvalue weighted by Crippen LogP contribution is 2.34. The monoisotopic (exact) mass is 389 g/mol. The Bertz CT molecular complexity index is 1040. The molecule has 2 aromatic carbocycles. The number of rotatable bonds is 6. The van der Waals surface area contributed by atoms with Crippen LogP contribution in [-0.4, -0.2) is 38.9 Å². The van der Waals surface area contributed by atoms with Crippen molar-refractivity contribution in [2.45, 2.75) is 31.2 Å². The molecule has 1 saturated heterocycles. The standard InChI is InChI=1S/C22H23N5O2/c23-13-16-9-10-20(28-16)21(22-25-18-3-1-2-4-19(18)26-22)29-15-7-5-14(6-8-15)17-11-12-24-27-17/h1-8,11-12,16,20-21H,9-10,13,23H2,(H,24,27)(H,25,26). The third-order valence-electron chi connectivity index (χ3n) is 5.35. The van der Waals surface area contributed by atoms with Crippen molar-refractivity contribution in [1.29, 1.82) is 0 Å². The van der Waals surface area contributed by atoms with E-state index in [1.807, 2.05) is 54.6 Å². The number of nitrogens with zero attached hydrogens (tertiary/aromatic N) is 2. The van der Waals surface area contributed by atoms with Gasteiger partial charge in [-0.15, -0.1) is 0 Å². The minimum absolute atomic E-state index is 0.0678. The van der Waals surface area contributed by atoms with Crippen LogP contribution in [0, 0.1) is 0 Å². The van der Waals surface area contributed by atoms with E-state index in [0.717, 1.165) is 46.7 Å². The van der Waals surface area contributed by atoms with Gasteiger partial charge in [-0.25, -0.2) is 4.98 Å². The number of hydrogen-bond donors (Lipinski definition) is 3. The largest absolute Gasteiger partial charge is 0.480 e. The van der Waals surface area contributed by atoms with Crippen molar-refractivity contribution in [3.05, 3.63) is 66.6 Å². The fraction of sp³-hybridized carbons (Fsp3) is 0.273. The maximum Gasteiger partial charge on any atom is 0.182 e. The molecule has 0 aliphatic carbocycles.